The van der Waals surface area contributed by atoms with E-state index in [9.17, 15) is 0 Å². The Hall–Kier alpha value is -0.760. The molecule has 0 saturated heterocycles. The van der Waals surface area contributed by atoms with E-state index in [0.29, 0.717) is 0 Å². The van der Waals surface area contributed by atoms with Crippen molar-refractivity contribution in [3.63, 3.8) is 0 Å². The van der Waals surface area contributed by atoms with Crippen LogP contribution in [0.25, 0.3) is 0 Å². The van der Waals surface area contributed by atoms with Crippen molar-refractivity contribution in [2.45, 2.75) is 32.2 Å². The second-order valence-electron chi connectivity index (χ2n) is 3.48. The molecule has 2 rings (SSSR count). The fraction of sp³-hybridized carbons (Fsp3) is 0.600. The lowest BCUT2D eigenvalue weighted by Crippen LogP contribution is -2.11. The van der Waals surface area contributed by atoms with Crippen LogP contribution in [0.15, 0.2) is 12.3 Å². The second-order valence-corrected chi connectivity index (χ2v) is 3.48. The molecule has 1 aliphatic heterocycles. The number of aryl methyl sites for hydroxylation is 1. The van der Waals surface area contributed by atoms with Crippen molar-refractivity contribution >= 4 is 0 Å². The number of nitrogens with two attached hydrogens (primary N) is 1. The van der Waals surface area contributed by atoms with Crippen LogP contribution in [0, 0.1) is 0 Å². The van der Waals surface area contributed by atoms with Crippen molar-refractivity contribution in [3.8, 4) is 0 Å². The molecule has 0 amide bonds. The normalized spacial score (nSPS) is 16.1. The minimum Gasteiger partial charge on any atom is -0.351 e. The summed E-state index contributed by atoms with van der Waals surface area (Å²) < 4.78 is 2.38. The SMILES string of the molecule is NCCc1ccn2c1CCCC2. The van der Waals surface area contributed by atoms with Gasteiger partial charge in [0.1, 0.15) is 0 Å². The Balaban J connectivity index is 2.25. The predicted molar refractivity (Wildman–Crippen MR) is 50.1 cm³/mol. The van der Waals surface area contributed by atoms with Crippen molar-refractivity contribution in [2.24, 2.45) is 5.73 Å². The zero-order valence-corrected chi connectivity index (χ0v) is 7.42. The second kappa shape index (κ2) is 3.31. The molecular weight excluding hydrogens is 148 g/mol. The molecule has 2 heteroatoms. The van der Waals surface area contributed by atoms with E-state index in [0.717, 1.165) is 13.0 Å². The van der Waals surface area contributed by atoms with Gasteiger partial charge in [-0.1, -0.05) is 0 Å². The fourth-order valence-corrected chi connectivity index (χ4v) is 2.02. The Kier molecular flexibility index (Phi) is 2.17. The Morgan fingerprint density at radius 3 is 3.17 bits per heavy atom. The molecular formula is C10H16N2. The first-order valence-electron chi connectivity index (χ1n) is 4.79. The average molecular weight is 164 g/mol. The minimum atomic E-state index is 0.775. The van der Waals surface area contributed by atoms with Gasteiger partial charge in [-0.3, -0.25) is 0 Å². The van der Waals surface area contributed by atoms with Crippen LogP contribution in [0.4, 0.5) is 0 Å². The Bertz CT molecular complexity index is 263. The molecule has 0 saturated carbocycles. The summed E-state index contributed by atoms with van der Waals surface area (Å²) >= 11 is 0. The van der Waals surface area contributed by atoms with Crippen molar-refractivity contribution in [2.75, 3.05) is 6.54 Å². The molecule has 0 fully saturated rings. The van der Waals surface area contributed by atoms with E-state index in [4.69, 9.17) is 5.73 Å². The summed E-state index contributed by atoms with van der Waals surface area (Å²) in [6.07, 6.45) is 7.19. The van der Waals surface area contributed by atoms with Crippen LogP contribution in [0.5, 0.6) is 0 Å². The summed E-state index contributed by atoms with van der Waals surface area (Å²) in [5, 5.41) is 0. The van der Waals surface area contributed by atoms with Crippen LogP contribution >= 0.6 is 0 Å². The van der Waals surface area contributed by atoms with Gasteiger partial charge in [0, 0.05) is 18.4 Å². The molecule has 1 aromatic rings. The molecule has 1 aromatic heterocycles. The van der Waals surface area contributed by atoms with Gasteiger partial charge in [-0.05, 0) is 43.9 Å². The molecule has 0 atom stereocenters. The fourth-order valence-electron chi connectivity index (χ4n) is 2.02. The van der Waals surface area contributed by atoms with Crippen LogP contribution in [-0.4, -0.2) is 11.1 Å². The van der Waals surface area contributed by atoms with Gasteiger partial charge in [0.25, 0.3) is 0 Å². The number of fused-ring (bicyclic) bond motifs is 1. The highest BCUT2D eigenvalue weighted by Gasteiger charge is 2.11. The van der Waals surface area contributed by atoms with Gasteiger partial charge in [-0.15, -0.1) is 0 Å². The number of aromatic nitrogens is 1. The zero-order chi connectivity index (χ0) is 8.39. The molecule has 0 spiro atoms. The standard InChI is InChI=1S/C10H16N2/c11-6-4-9-5-8-12-7-2-1-3-10(9)12/h5,8H,1-4,6-7,11H2. The average Bonchev–Trinajstić information content (AvgIpc) is 2.50. The maximum Gasteiger partial charge on any atom is 0.0222 e. The first-order valence-corrected chi connectivity index (χ1v) is 4.79. The van der Waals surface area contributed by atoms with Crippen molar-refractivity contribution in [1.29, 1.82) is 0 Å². The first kappa shape index (κ1) is 7.87. The van der Waals surface area contributed by atoms with Crippen LogP contribution < -0.4 is 5.73 Å². The number of rotatable bonds is 2. The molecule has 0 radical (unpaired) electrons. The van der Waals surface area contributed by atoms with Crippen molar-refractivity contribution in [1.82, 2.24) is 4.57 Å². The number of hydrogen-bond donors (Lipinski definition) is 1. The smallest absolute Gasteiger partial charge is 0.0222 e. The first-order chi connectivity index (χ1) is 5.92. The van der Waals surface area contributed by atoms with Gasteiger partial charge in [-0.2, -0.15) is 0 Å². The lowest BCUT2D eigenvalue weighted by molar-refractivity contribution is 0.529. The van der Waals surface area contributed by atoms with E-state index in [1.807, 2.05) is 0 Å². The topological polar surface area (TPSA) is 30.9 Å². The van der Waals surface area contributed by atoms with Crippen LogP contribution in [0.2, 0.25) is 0 Å². The van der Waals surface area contributed by atoms with Gasteiger partial charge in [0.2, 0.25) is 0 Å². The van der Waals surface area contributed by atoms with E-state index in [1.54, 1.807) is 0 Å². The number of hydrogen-bond acceptors (Lipinski definition) is 1. The summed E-state index contributed by atoms with van der Waals surface area (Å²) in [5.74, 6) is 0. The van der Waals surface area contributed by atoms with Gasteiger partial charge in [0.15, 0.2) is 0 Å². The van der Waals surface area contributed by atoms with E-state index >= 15 is 0 Å². The molecule has 0 bridgehead atoms. The zero-order valence-electron chi connectivity index (χ0n) is 7.42. The molecule has 2 heterocycles. The van der Waals surface area contributed by atoms with Crippen molar-refractivity contribution < 1.29 is 0 Å². The van der Waals surface area contributed by atoms with Gasteiger partial charge in [0.05, 0.1) is 0 Å². The summed E-state index contributed by atoms with van der Waals surface area (Å²) in [6, 6.07) is 2.23. The quantitative estimate of drug-likeness (QED) is 0.702. The summed E-state index contributed by atoms with van der Waals surface area (Å²) in [4.78, 5) is 0. The van der Waals surface area contributed by atoms with Crippen LogP contribution in [0.3, 0.4) is 0 Å². The van der Waals surface area contributed by atoms with Crippen molar-refractivity contribution in [3.05, 3.63) is 23.5 Å². The largest absolute Gasteiger partial charge is 0.351 e. The highest BCUT2D eigenvalue weighted by Crippen LogP contribution is 2.19. The molecule has 66 valence electrons. The Labute approximate surface area is 73.4 Å². The number of nitrogens with zero attached hydrogens (tertiary/aromatic N) is 1. The molecule has 12 heavy (non-hydrogen) atoms. The molecule has 1 aliphatic rings. The summed E-state index contributed by atoms with van der Waals surface area (Å²) in [7, 11) is 0. The maximum absolute atomic E-state index is 5.54. The van der Waals surface area contributed by atoms with E-state index in [1.165, 1.54) is 37.1 Å². The third-order valence-corrected chi connectivity index (χ3v) is 2.65. The molecule has 2 nitrogen and oxygen atoms in total. The van der Waals surface area contributed by atoms with E-state index in [-0.39, 0.29) is 0 Å². The Morgan fingerprint density at radius 2 is 2.33 bits per heavy atom. The molecule has 0 aliphatic carbocycles. The maximum atomic E-state index is 5.54. The third-order valence-electron chi connectivity index (χ3n) is 2.65. The summed E-state index contributed by atoms with van der Waals surface area (Å²) in [5.41, 5.74) is 8.55. The van der Waals surface area contributed by atoms with Gasteiger partial charge >= 0.3 is 0 Å². The summed E-state index contributed by atoms with van der Waals surface area (Å²) in [6.45, 7) is 1.98. The monoisotopic (exact) mass is 164 g/mol. The van der Waals surface area contributed by atoms with E-state index < -0.39 is 0 Å². The highest BCUT2D eigenvalue weighted by atomic mass is 15.0. The predicted octanol–water partition coefficient (Wildman–Crippen LogP) is 1.33. The molecule has 0 aromatic carbocycles. The highest BCUT2D eigenvalue weighted by molar-refractivity contribution is 5.24. The van der Waals surface area contributed by atoms with Crippen LogP contribution in [0.1, 0.15) is 24.1 Å². The van der Waals surface area contributed by atoms with E-state index in [2.05, 4.69) is 16.8 Å². The van der Waals surface area contributed by atoms with Gasteiger partial charge < -0.3 is 10.3 Å². The van der Waals surface area contributed by atoms with Gasteiger partial charge in [-0.25, -0.2) is 0 Å². The molecule has 2 N–H and O–H groups in total. The lowest BCUT2D eigenvalue weighted by Gasteiger charge is -2.16. The van der Waals surface area contributed by atoms with Crippen LogP contribution in [-0.2, 0) is 19.4 Å². The Morgan fingerprint density at radius 1 is 1.42 bits per heavy atom. The molecule has 0 unspecified atom stereocenters. The minimum absolute atomic E-state index is 0.775. The third kappa shape index (κ3) is 1.27. The lowest BCUT2D eigenvalue weighted by atomic mass is 10.1.